The standard InChI is InChI=1S/C16H24FNO/c1-13(2)18-9-7-15(8-10-18)12-19-11-14-3-5-16(17)6-4-14/h3-6,13,15H,7-12H2,1-2H3. The molecule has 0 unspecified atom stereocenters. The first-order chi connectivity index (χ1) is 9.15. The summed E-state index contributed by atoms with van der Waals surface area (Å²) < 4.78 is 18.5. The van der Waals surface area contributed by atoms with E-state index in [1.54, 1.807) is 12.1 Å². The van der Waals surface area contributed by atoms with Crippen LogP contribution in [0.25, 0.3) is 0 Å². The third-order valence-electron chi connectivity index (χ3n) is 3.91. The molecule has 0 N–H and O–H groups in total. The molecule has 3 heteroatoms. The van der Waals surface area contributed by atoms with E-state index in [9.17, 15) is 4.39 Å². The highest BCUT2D eigenvalue weighted by atomic mass is 19.1. The van der Waals surface area contributed by atoms with E-state index in [0.717, 1.165) is 12.2 Å². The van der Waals surface area contributed by atoms with Crippen LogP contribution in [0.3, 0.4) is 0 Å². The van der Waals surface area contributed by atoms with Gasteiger partial charge in [0.25, 0.3) is 0 Å². The number of piperidine rings is 1. The van der Waals surface area contributed by atoms with Gasteiger partial charge in [-0.25, -0.2) is 4.39 Å². The van der Waals surface area contributed by atoms with Crippen LogP contribution in [0.2, 0.25) is 0 Å². The van der Waals surface area contributed by atoms with Gasteiger partial charge < -0.3 is 9.64 Å². The van der Waals surface area contributed by atoms with Crippen molar-refractivity contribution in [2.45, 2.75) is 39.3 Å². The molecule has 0 amide bonds. The minimum Gasteiger partial charge on any atom is -0.376 e. The molecule has 0 saturated carbocycles. The van der Waals surface area contributed by atoms with Gasteiger partial charge in [0.15, 0.2) is 0 Å². The van der Waals surface area contributed by atoms with Crippen molar-refractivity contribution >= 4 is 0 Å². The summed E-state index contributed by atoms with van der Waals surface area (Å²) in [6, 6.07) is 7.20. The van der Waals surface area contributed by atoms with E-state index < -0.39 is 0 Å². The zero-order chi connectivity index (χ0) is 13.7. The van der Waals surface area contributed by atoms with E-state index in [-0.39, 0.29) is 5.82 Å². The van der Waals surface area contributed by atoms with Crippen LogP contribution in [-0.2, 0) is 11.3 Å². The van der Waals surface area contributed by atoms with Gasteiger partial charge >= 0.3 is 0 Å². The van der Waals surface area contributed by atoms with E-state index >= 15 is 0 Å². The average Bonchev–Trinajstić information content (AvgIpc) is 2.41. The maximum absolute atomic E-state index is 12.8. The number of ether oxygens (including phenoxy) is 1. The number of hydrogen-bond donors (Lipinski definition) is 0. The third-order valence-corrected chi connectivity index (χ3v) is 3.91. The fourth-order valence-corrected chi connectivity index (χ4v) is 2.56. The summed E-state index contributed by atoms with van der Waals surface area (Å²) in [4.78, 5) is 2.52. The molecule has 1 aromatic carbocycles. The number of benzene rings is 1. The van der Waals surface area contributed by atoms with Gasteiger partial charge in [-0.3, -0.25) is 0 Å². The second-order valence-corrected chi connectivity index (χ2v) is 5.71. The van der Waals surface area contributed by atoms with Crippen LogP contribution in [0.15, 0.2) is 24.3 Å². The minimum absolute atomic E-state index is 0.190. The van der Waals surface area contributed by atoms with Crippen LogP contribution in [0.1, 0.15) is 32.3 Å². The van der Waals surface area contributed by atoms with E-state index in [2.05, 4.69) is 18.7 Å². The van der Waals surface area contributed by atoms with Crippen LogP contribution < -0.4 is 0 Å². The lowest BCUT2D eigenvalue weighted by Crippen LogP contribution is -2.39. The first-order valence-corrected chi connectivity index (χ1v) is 7.21. The van der Waals surface area contributed by atoms with Crippen LogP contribution in [0.5, 0.6) is 0 Å². The highest BCUT2D eigenvalue weighted by Gasteiger charge is 2.20. The Labute approximate surface area is 115 Å². The van der Waals surface area contributed by atoms with Crippen LogP contribution in [-0.4, -0.2) is 30.6 Å². The van der Waals surface area contributed by atoms with Gasteiger partial charge in [-0.2, -0.15) is 0 Å². The van der Waals surface area contributed by atoms with Crippen molar-refractivity contribution in [3.8, 4) is 0 Å². The molecule has 1 aliphatic rings. The van der Waals surface area contributed by atoms with Crippen LogP contribution in [0.4, 0.5) is 4.39 Å². The molecule has 0 aromatic heterocycles. The molecule has 1 aromatic rings. The topological polar surface area (TPSA) is 12.5 Å². The fourth-order valence-electron chi connectivity index (χ4n) is 2.56. The van der Waals surface area contributed by atoms with Gasteiger partial charge in [0.1, 0.15) is 5.82 Å². The quantitative estimate of drug-likeness (QED) is 0.808. The summed E-state index contributed by atoms with van der Waals surface area (Å²) in [5.74, 6) is 0.486. The number of rotatable bonds is 5. The van der Waals surface area contributed by atoms with Crippen molar-refractivity contribution in [1.82, 2.24) is 4.90 Å². The normalized spacial score (nSPS) is 18.1. The molecule has 1 fully saturated rings. The molecule has 1 heterocycles. The smallest absolute Gasteiger partial charge is 0.123 e. The Morgan fingerprint density at radius 2 is 1.84 bits per heavy atom. The van der Waals surface area contributed by atoms with Gasteiger partial charge in [0.2, 0.25) is 0 Å². The van der Waals surface area contributed by atoms with Gasteiger partial charge in [-0.05, 0) is 63.4 Å². The molecule has 0 aliphatic carbocycles. The summed E-state index contributed by atoms with van der Waals surface area (Å²) in [6.07, 6.45) is 2.45. The van der Waals surface area contributed by atoms with Gasteiger partial charge in [-0.1, -0.05) is 12.1 Å². The molecule has 0 atom stereocenters. The largest absolute Gasteiger partial charge is 0.376 e. The maximum atomic E-state index is 12.8. The number of hydrogen-bond acceptors (Lipinski definition) is 2. The van der Waals surface area contributed by atoms with Crippen molar-refractivity contribution in [1.29, 1.82) is 0 Å². The van der Waals surface area contributed by atoms with Crippen molar-refractivity contribution < 1.29 is 9.13 Å². The first-order valence-electron chi connectivity index (χ1n) is 7.21. The van der Waals surface area contributed by atoms with E-state index in [0.29, 0.717) is 18.6 Å². The lowest BCUT2D eigenvalue weighted by atomic mass is 9.97. The zero-order valence-corrected chi connectivity index (χ0v) is 11.9. The Kier molecular flexibility index (Phi) is 5.34. The Morgan fingerprint density at radius 3 is 2.42 bits per heavy atom. The average molecular weight is 265 g/mol. The second kappa shape index (κ2) is 7.01. The maximum Gasteiger partial charge on any atom is 0.123 e. The molecule has 1 saturated heterocycles. The van der Waals surface area contributed by atoms with Crippen molar-refractivity contribution in [3.05, 3.63) is 35.6 Å². The molecule has 1 aliphatic heterocycles. The Morgan fingerprint density at radius 1 is 1.21 bits per heavy atom. The predicted molar refractivity (Wildman–Crippen MR) is 75.5 cm³/mol. The SMILES string of the molecule is CC(C)N1CCC(COCc2ccc(F)cc2)CC1. The summed E-state index contributed by atoms with van der Waals surface area (Å²) in [5, 5.41) is 0. The number of nitrogens with zero attached hydrogens (tertiary/aromatic N) is 1. The molecule has 0 radical (unpaired) electrons. The number of likely N-dealkylation sites (tertiary alicyclic amines) is 1. The molecular formula is C16H24FNO. The highest BCUT2D eigenvalue weighted by Crippen LogP contribution is 2.19. The highest BCUT2D eigenvalue weighted by molar-refractivity contribution is 5.14. The molecule has 2 nitrogen and oxygen atoms in total. The predicted octanol–water partition coefficient (Wildman–Crippen LogP) is 3.46. The van der Waals surface area contributed by atoms with Crippen molar-refractivity contribution in [2.24, 2.45) is 5.92 Å². The molecule has 2 rings (SSSR count). The van der Waals surface area contributed by atoms with Crippen molar-refractivity contribution in [3.63, 3.8) is 0 Å². The summed E-state index contributed by atoms with van der Waals surface area (Å²) in [6.45, 7) is 8.29. The Hall–Kier alpha value is -0.930. The molecule has 0 bridgehead atoms. The van der Waals surface area contributed by atoms with Gasteiger partial charge in [0.05, 0.1) is 6.61 Å². The molecule has 106 valence electrons. The van der Waals surface area contributed by atoms with Crippen LogP contribution in [0, 0.1) is 11.7 Å². The van der Waals surface area contributed by atoms with E-state index in [4.69, 9.17) is 4.74 Å². The lowest BCUT2D eigenvalue weighted by molar-refractivity contribution is 0.0513. The first kappa shape index (κ1) is 14.5. The molecular weight excluding hydrogens is 241 g/mol. The summed E-state index contributed by atoms with van der Waals surface area (Å²) in [7, 11) is 0. The van der Waals surface area contributed by atoms with E-state index in [1.807, 2.05) is 0 Å². The number of halogens is 1. The minimum atomic E-state index is -0.190. The summed E-state index contributed by atoms with van der Waals surface area (Å²) in [5.41, 5.74) is 1.04. The lowest BCUT2D eigenvalue weighted by Gasteiger charge is -2.34. The monoisotopic (exact) mass is 265 g/mol. The Bertz CT molecular complexity index is 369. The van der Waals surface area contributed by atoms with Crippen molar-refractivity contribution in [2.75, 3.05) is 19.7 Å². The van der Waals surface area contributed by atoms with E-state index in [1.165, 1.54) is 38.1 Å². The Balaban J connectivity index is 1.65. The van der Waals surface area contributed by atoms with Gasteiger partial charge in [0, 0.05) is 12.6 Å². The molecule has 0 spiro atoms. The third kappa shape index (κ3) is 4.59. The fraction of sp³-hybridized carbons (Fsp3) is 0.625. The molecule has 19 heavy (non-hydrogen) atoms. The zero-order valence-electron chi connectivity index (χ0n) is 11.9. The summed E-state index contributed by atoms with van der Waals surface area (Å²) >= 11 is 0. The van der Waals surface area contributed by atoms with Crippen LogP contribution >= 0.6 is 0 Å². The second-order valence-electron chi connectivity index (χ2n) is 5.71. The van der Waals surface area contributed by atoms with Gasteiger partial charge in [-0.15, -0.1) is 0 Å².